The Labute approximate surface area is 177 Å². The summed E-state index contributed by atoms with van der Waals surface area (Å²) in [5, 5.41) is 1.61. The van der Waals surface area contributed by atoms with Gasteiger partial charge in [0.05, 0.1) is 18.4 Å². The van der Waals surface area contributed by atoms with Gasteiger partial charge in [0.25, 0.3) is 26.0 Å². The number of hydrogen-bond donors (Lipinski definition) is 3. The molecule has 1 heterocycles. The fourth-order valence-electron chi connectivity index (χ4n) is 2.46. The van der Waals surface area contributed by atoms with E-state index in [0.29, 0.717) is 0 Å². The van der Waals surface area contributed by atoms with Crippen LogP contribution in [-0.4, -0.2) is 29.9 Å². The second-order valence-corrected chi connectivity index (χ2v) is 10.3. The number of anilines is 1. The number of sulfonamides is 2. The lowest BCUT2D eigenvalue weighted by atomic mass is 10.2. The Balaban J connectivity index is 1.80. The van der Waals surface area contributed by atoms with Gasteiger partial charge in [-0.05, 0) is 35.7 Å². The van der Waals surface area contributed by atoms with Gasteiger partial charge in [0.1, 0.15) is 14.9 Å². The van der Waals surface area contributed by atoms with Crippen molar-refractivity contribution in [2.45, 2.75) is 9.10 Å². The molecule has 0 spiro atoms. The van der Waals surface area contributed by atoms with Crippen LogP contribution >= 0.6 is 11.3 Å². The number of carbonyl (C=O) groups is 1. The lowest BCUT2D eigenvalue weighted by Gasteiger charge is -2.14. The Morgan fingerprint density at radius 2 is 1.60 bits per heavy atom. The molecule has 12 heteroatoms. The Hall–Kier alpha value is -2.93. The van der Waals surface area contributed by atoms with Crippen molar-refractivity contribution >= 4 is 43.0 Å². The molecule has 0 aliphatic carbocycles. The minimum Gasteiger partial charge on any atom is -0.495 e. The van der Waals surface area contributed by atoms with Crippen molar-refractivity contribution in [3.63, 3.8) is 0 Å². The van der Waals surface area contributed by atoms with E-state index in [1.807, 2.05) is 4.83 Å². The minimum atomic E-state index is -4.13. The summed E-state index contributed by atoms with van der Waals surface area (Å²) in [6.45, 7) is 0. The normalized spacial score (nSPS) is 11.6. The number of thiophene rings is 1. The zero-order valence-corrected chi connectivity index (χ0v) is 18.0. The molecule has 9 nitrogen and oxygen atoms in total. The zero-order valence-electron chi connectivity index (χ0n) is 15.5. The predicted octanol–water partition coefficient (Wildman–Crippen LogP) is 2.18. The van der Waals surface area contributed by atoms with Crippen LogP contribution in [-0.2, 0) is 20.0 Å². The number of hydrogen-bond acceptors (Lipinski definition) is 7. The van der Waals surface area contributed by atoms with E-state index >= 15 is 0 Å². The number of carbonyl (C=O) groups excluding carboxylic acids is 1. The molecule has 0 atom stereocenters. The highest BCUT2D eigenvalue weighted by Crippen LogP contribution is 2.24. The smallest absolute Gasteiger partial charge is 0.271 e. The van der Waals surface area contributed by atoms with Crippen LogP contribution in [0.25, 0.3) is 0 Å². The quantitative estimate of drug-likeness (QED) is 0.435. The Morgan fingerprint density at radius 1 is 0.900 bits per heavy atom. The van der Waals surface area contributed by atoms with Crippen LogP contribution in [0.3, 0.4) is 0 Å². The highest BCUT2D eigenvalue weighted by molar-refractivity contribution is 7.94. The average Bonchev–Trinajstić information content (AvgIpc) is 3.28. The van der Waals surface area contributed by atoms with Crippen LogP contribution in [0, 0.1) is 0 Å². The molecule has 0 aliphatic rings. The third kappa shape index (κ3) is 4.79. The van der Waals surface area contributed by atoms with E-state index in [0.717, 1.165) is 11.3 Å². The summed E-state index contributed by atoms with van der Waals surface area (Å²) < 4.78 is 57.4. The number of nitrogens with one attached hydrogen (secondary N) is 3. The van der Waals surface area contributed by atoms with E-state index < -0.39 is 26.0 Å². The van der Waals surface area contributed by atoms with Crippen molar-refractivity contribution < 1.29 is 26.4 Å². The SMILES string of the molecule is COc1ccccc1S(=O)(=O)NNC(=O)c1ccccc1NS(=O)(=O)c1cccs1. The maximum absolute atomic E-state index is 12.6. The molecule has 0 saturated heterocycles. The average molecular weight is 468 g/mol. The number of methoxy groups -OCH3 is 1. The summed E-state index contributed by atoms with van der Waals surface area (Å²) in [5.74, 6) is -0.749. The molecular formula is C18H17N3O6S3. The molecule has 0 aliphatic heterocycles. The topological polar surface area (TPSA) is 131 Å². The van der Waals surface area contributed by atoms with E-state index in [9.17, 15) is 21.6 Å². The van der Waals surface area contributed by atoms with Gasteiger partial charge in [0, 0.05) is 0 Å². The monoisotopic (exact) mass is 467 g/mol. The summed E-state index contributed by atoms with van der Waals surface area (Å²) in [4.78, 5) is 14.4. The number of hydrazine groups is 1. The summed E-state index contributed by atoms with van der Waals surface area (Å²) in [7, 11) is -6.70. The number of para-hydroxylation sites is 2. The Bertz CT molecular complexity index is 1260. The van der Waals surface area contributed by atoms with Gasteiger partial charge in [-0.2, -0.15) is 0 Å². The number of benzene rings is 2. The van der Waals surface area contributed by atoms with Crippen LogP contribution < -0.4 is 19.7 Å². The van der Waals surface area contributed by atoms with Gasteiger partial charge < -0.3 is 4.74 Å². The van der Waals surface area contributed by atoms with Crippen LogP contribution in [0.15, 0.2) is 75.1 Å². The first kappa shape index (κ1) is 21.8. The van der Waals surface area contributed by atoms with E-state index in [2.05, 4.69) is 10.1 Å². The molecule has 30 heavy (non-hydrogen) atoms. The van der Waals surface area contributed by atoms with Gasteiger partial charge in [-0.1, -0.05) is 30.3 Å². The summed E-state index contributed by atoms with van der Waals surface area (Å²) in [6, 6.07) is 14.7. The van der Waals surface area contributed by atoms with E-state index in [-0.39, 0.29) is 26.1 Å². The van der Waals surface area contributed by atoms with Gasteiger partial charge in [-0.3, -0.25) is 14.9 Å². The maximum Gasteiger partial charge on any atom is 0.271 e. The molecule has 3 N–H and O–H groups in total. The first-order valence-corrected chi connectivity index (χ1v) is 12.2. The van der Waals surface area contributed by atoms with Gasteiger partial charge in [-0.25, -0.2) is 16.8 Å². The molecule has 0 fully saturated rings. The highest BCUT2D eigenvalue weighted by atomic mass is 32.2. The molecule has 0 radical (unpaired) electrons. The first-order valence-electron chi connectivity index (χ1n) is 8.35. The summed E-state index contributed by atoms with van der Waals surface area (Å²) >= 11 is 1.02. The number of rotatable bonds is 8. The van der Waals surface area contributed by atoms with Crippen LogP contribution in [0.2, 0.25) is 0 Å². The van der Waals surface area contributed by atoms with Gasteiger partial charge in [-0.15, -0.1) is 16.2 Å². The fraction of sp³-hybridized carbons (Fsp3) is 0.0556. The van der Waals surface area contributed by atoms with Gasteiger partial charge in [0.15, 0.2) is 0 Å². The molecule has 0 bridgehead atoms. The highest BCUT2D eigenvalue weighted by Gasteiger charge is 2.22. The molecule has 3 aromatic rings. The predicted molar refractivity (Wildman–Crippen MR) is 112 cm³/mol. The summed E-state index contributed by atoms with van der Waals surface area (Å²) in [5.41, 5.74) is 2.02. The third-order valence-electron chi connectivity index (χ3n) is 3.83. The van der Waals surface area contributed by atoms with Crippen molar-refractivity contribution in [3.05, 3.63) is 71.6 Å². The van der Waals surface area contributed by atoms with E-state index in [4.69, 9.17) is 4.74 Å². The fourth-order valence-corrected chi connectivity index (χ4v) is 5.54. The molecule has 158 valence electrons. The van der Waals surface area contributed by atoms with Gasteiger partial charge >= 0.3 is 0 Å². The maximum atomic E-state index is 12.6. The van der Waals surface area contributed by atoms with Crippen LogP contribution in [0.4, 0.5) is 5.69 Å². The molecule has 0 unspecified atom stereocenters. The van der Waals surface area contributed by atoms with E-state index in [1.165, 1.54) is 49.6 Å². The lowest BCUT2D eigenvalue weighted by Crippen LogP contribution is -2.41. The molecular weight excluding hydrogens is 450 g/mol. The first-order chi connectivity index (χ1) is 14.2. The number of ether oxygens (including phenoxy) is 1. The van der Waals surface area contributed by atoms with Crippen molar-refractivity contribution in [2.75, 3.05) is 11.8 Å². The molecule has 1 aromatic heterocycles. The van der Waals surface area contributed by atoms with Crippen molar-refractivity contribution in [1.82, 2.24) is 10.3 Å². The van der Waals surface area contributed by atoms with Crippen molar-refractivity contribution in [2.24, 2.45) is 0 Å². The standard InChI is InChI=1S/C18H17N3O6S3/c1-27-15-9-4-5-10-16(15)29(23,24)21-19-18(22)13-7-2-3-8-14(13)20-30(25,26)17-11-6-12-28-17/h2-12,20-21H,1H3,(H,19,22). The third-order valence-corrected chi connectivity index (χ3v) is 7.88. The Morgan fingerprint density at radius 3 is 2.30 bits per heavy atom. The van der Waals surface area contributed by atoms with E-state index in [1.54, 1.807) is 23.6 Å². The van der Waals surface area contributed by atoms with Gasteiger partial charge in [0.2, 0.25) is 0 Å². The second-order valence-electron chi connectivity index (χ2n) is 5.79. The molecule has 0 saturated carbocycles. The zero-order chi connectivity index (χ0) is 21.8. The second kappa shape index (κ2) is 8.83. The largest absolute Gasteiger partial charge is 0.495 e. The van der Waals surface area contributed by atoms with Crippen LogP contribution in [0.5, 0.6) is 5.75 Å². The number of amides is 1. The molecule has 1 amide bonds. The van der Waals surface area contributed by atoms with Crippen molar-refractivity contribution in [3.8, 4) is 5.75 Å². The van der Waals surface area contributed by atoms with Crippen LogP contribution in [0.1, 0.15) is 10.4 Å². The summed E-state index contributed by atoms with van der Waals surface area (Å²) in [6.07, 6.45) is 0. The minimum absolute atomic E-state index is 0.000102. The molecule has 2 aromatic carbocycles. The lowest BCUT2D eigenvalue weighted by molar-refractivity contribution is 0.0946. The Kier molecular flexibility index (Phi) is 6.41. The van der Waals surface area contributed by atoms with Crippen molar-refractivity contribution in [1.29, 1.82) is 0 Å². The molecule has 3 rings (SSSR count).